The maximum absolute atomic E-state index is 5.62. The number of anilines is 1. The highest BCUT2D eigenvalue weighted by Gasteiger charge is 2.42. The minimum atomic E-state index is 0.0954. The van der Waals surface area contributed by atoms with Crippen molar-refractivity contribution < 1.29 is 14.2 Å². The summed E-state index contributed by atoms with van der Waals surface area (Å²) in [7, 11) is 3.39. The first-order valence-corrected chi connectivity index (χ1v) is 7.23. The third kappa shape index (κ3) is 3.22. The Morgan fingerprint density at radius 2 is 2.16 bits per heavy atom. The molecule has 1 aromatic rings. The van der Waals surface area contributed by atoms with Gasteiger partial charge in [-0.15, -0.1) is 0 Å². The van der Waals surface area contributed by atoms with Gasteiger partial charge in [0.1, 0.15) is 11.9 Å². The third-order valence-electron chi connectivity index (χ3n) is 3.42. The van der Waals surface area contributed by atoms with Crippen LogP contribution in [0.15, 0.2) is 22.7 Å². The van der Waals surface area contributed by atoms with Crippen molar-refractivity contribution in [3.05, 3.63) is 22.7 Å². The fourth-order valence-corrected chi connectivity index (χ4v) is 2.72. The largest absolute Gasteiger partial charge is 0.497 e. The van der Waals surface area contributed by atoms with Crippen LogP contribution in [0.3, 0.4) is 0 Å². The average molecular weight is 330 g/mol. The average Bonchev–Trinajstić information content (AvgIpc) is 2.40. The summed E-state index contributed by atoms with van der Waals surface area (Å²) in [5.41, 5.74) is 1.02. The lowest BCUT2D eigenvalue weighted by atomic mass is 9.85. The summed E-state index contributed by atoms with van der Waals surface area (Å²) in [6.07, 6.45) is 1.24. The summed E-state index contributed by atoms with van der Waals surface area (Å²) in [5.74, 6) is 0.834. The second-order valence-corrected chi connectivity index (χ2v) is 5.38. The maximum Gasteiger partial charge on any atom is 0.121 e. The Hall–Kier alpha value is -0.780. The Morgan fingerprint density at radius 1 is 1.37 bits per heavy atom. The van der Waals surface area contributed by atoms with Crippen molar-refractivity contribution in [1.82, 2.24) is 0 Å². The first kappa shape index (κ1) is 14.6. The number of rotatable bonds is 6. The van der Waals surface area contributed by atoms with Crippen molar-refractivity contribution in [3.8, 4) is 5.75 Å². The highest BCUT2D eigenvalue weighted by molar-refractivity contribution is 9.10. The molecular weight excluding hydrogens is 310 g/mol. The molecule has 0 bridgehead atoms. The topological polar surface area (TPSA) is 39.7 Å². The van der Waals surface area contributed by atoms with Gasteiger partial charge in [-0.2, -0.15) is 0 Å². The van der Waals surface area contributed by atoms with E-state index in [1.165, 1.54) is 0 Å². The van der Waals surface area contributed by atoms with Gasteiger partial charge in [0.15, 0.2) is 0 Å². The van der Waals surface area contributed by atoms with E-state index in [9.17, 15) is 0 Å². The van der Waals surface area contributed by atoms with Gasteiger partial charge in [0, 0.05) is 24.3 Å². The van der Waals surface area contributed by atoms with Crippen LogP contribution in [0.1, 0.15) is 13.3 Å². The molecule has 3 unspecified atom stereocenters. The fraction of sp³-hybridized carbons (Fsp3) is 0.571. The molecule has 0 saturated heterocycles. The van der Waals surface area contributed by atoms with Gasteiger partial charge >= 0.3 is 0 Å². The standard InChI is InChI=1S/C14H20BrNO3/c1-4-19-13-8-12(14(13)18-3)16-11-7-9(17-2)5-6-10(11)15/h5-7,12-14,16H,4,8H2,1-3H3. The Bertz CT molecular complexity index is 427. The highest BCUT2D eigenvalue weighted by atomic mass is 79.9. The maximum atomic E-state index is 5.62. The monoisotopic (exact) mass is 329 g/mol. The van der Waals surface area contributed by atoms with E-state index in [-0.39, 0.29) is 18.2 Å². The lowest BCUT2D eigenvalue weighted by Crippen LogP contribution is -2.56. The second-order valence-electron chi connectivity index (χ2n) is 4.53. The van der Waals surface area contributed by atoms with E-state index in [4.69, 9.17) is 14.2 Å². The van der Waals surface area contributed by atoms with E-state index < -0.39 is 0 Å². The number of nitrogens with one attached hydrogen (secondary N) is 1. The molecule has 1 aliphatic carbocycles. The van der Waals surface area contributed by atoms with Gasteiger partial charge in [0.05, 0.1) is 24.9 Å². The Kier molecular flexibility index (Phi) is 5.07. The molecule has 0 spiro atoms. The van der Waals surface area contributed by atoms with Crippen molar-refractivity contribution in [2.45, 2.75) is 31.6 Å². The summed E-state index contributed by atoms with van der Waals surface area (Å²) >= 11 is 3.54. The van der Waals surface area contributed by atoms with Crippen LogP contribution in [-0.4, -0.2) is 39.1 Å². The Balaban J connectivity index is 2.02. The predicted molar refractivity (Wildman–Crippen MR) is 78.9 cm³/mol. The van der Waals surface area contributed by atoms with Gasteiger partial charge in [-0.1, -0.05) is 0 Å². The molecule has 0 aliphatic heterocycles. The summed E-state index contributed by atoms with van der Waals surface area (Å²) in [5, 5.41) is 3.48. The molecule has 0 amide bonds. The summed E-state index contributed by atoms with van der Waals surface area (Å²) in [6, 6.07) is 6.14. The van der Waals surface area contributed by atoms with Crippen LogP contribution in [0.4, 0.5) is 5.69 Å². The summed E-state index contributed by atoms with van der Waals surface area (Å²) < 4.78 is 17.4. The van der Waals surface area contributed by atoms with Crippen LogP contribution in [0, 0.1) is 0 Å². The van der Waals surface area contributed by atoms with E-state index in [0.29, 0.717) is 0 Å². The predicted octanol–water partition coefficient (Wildman–Crippen LogP) is 3.06. The molecule has 1 saturated carbocycles. The van der Waals surface area contributed by atoms with Crippen LogP contribution in [0.5, 0.6) is 5.75 Å². The van der Waals surface area contributed by atoms with Crippen LogP contribution < -0.4 is 10.1 Å². The van der Waals surface area contributed by atoms with E-state index in [2.05, 4.69) is 21.2 Å². The number of methoxy groups -OCH3 is 2. The fourth-order valence-electron chi connectivity index (χ4n) is 2.36. The minimum Gasteiger partial charge on any atom is -0.497 e. The molecule has 1 N–H and O–H groups in total. The number of benzene rings is 1. The van der Waals surface area contributed by atoms with Crippen molar-refractivity contribution in [3.63, 3.8) is 0 Å². The van der Waals surface area contributed by atoms with E-state index in [1.807, 2.05) is 25.1 Å². The van der Waals surface area contributed by atoms with Gasteiger partial charge in [-0.05, 0) is 41.4 Å². The first-order chi connectivity index (χ1) is 9.19. The molecule has 1 fully saturated rings. The zero-order chi connectivity index (χ0) is 13.8. The summed E-state index contributed by atoms with van der Waals surface area (Å²) in [6.45, 7) is 2.73. The smallest absolute Gasteiger partial charge is 0.121 e. The lowest BCUT2D eigenvalue weighted by Gasteiger charge is -2.43. The van der Waals surface area contributed by atoms with Crippen LogP contribution >= 0.6 is 15.9 Å². The molecule has 1 aliphatic rings. The van der Waals surface area contributed by atoms with Gasteiger partial charge in [-0.25, -0.2) is 0 Å². The molecule has 4 nitrogen and oxygen atoms in total. The Labute approximate surface area is 122 Å². The van der Waals surface area contributed by atoms with Crippen molar-refractivity contribution in [2.75, 3.05) is 26.1 Å². The van der Waals surface area contributed by atoms with Gasteiger partial charge in [-0.3, -0.25) is 0 Å². The molecule has 0 heterocycles. The minimum absolute atomic E-state index is 0.0954. The number of hydrogen-bond acceptors (Lipinski definition) is 4. The molecule has 19 heavy (non-hydrogen) atoms. The quantitative estimate of drug-likeness (QED) is 0.870. The molecule has 0 aromatic heterocycles. The van der Waals surface area contributed by atoms with Crippen molar-refractivity contribution in [1.29, 1.82) is 0 Å². The van der Waals surface area contributed by atoms with Gasteiger partial charge in [0.25, 0.3) is 0 Å². The zero-order valence-electron chi connectivity index (χ0n) is 11.5. The van der Waals surface area contributed by atoms with E-state index >= 15 is 0 Å². The van der Waals surface area contributed by atoms with Gasteiger partial charge in [0.2, 0.25) is 0 Å². The normalized spacial score (nSPS) is 25.8. The molecular formula is C14H20BrNO3. The van der Waals surface area contributed by atoms with Crippen molar-refractivity contribution in [2.24, 2.45) is 0 Å². The molecule has 1 aromatic carbocycles. The van der Waals surface area contributed by atoms with Crippen LogP contribution in [0.2, 0.25) is 0 Å². The van der Waals surface area contributed by atoms with Crippen LogP contribution in [0.25, 0.3) is 0 Å². The van der Waals surface area contributed by atoms with Gasteiger partial charge < -0.3 is 19.5 Å². The number of ether oxygens (including phenoxy) is 3. The van der Waals surface area contributed by atoms with E-state index in [1.54, 1.807) is 14.2 Å². The SMILES string of the molecule is CCOC1CC(Nc2cc(OC)ccc2Br)C1OC. The van der Waals surface area contributed by atoms with E-state index in [0.717, 1.165) is 28.9 Å². The number of halogens is 1. The molecule has 106 valence electrons. The molecule has 0 radical (unpaired) electrons. The Morgan fingerprint density at radius 3 is 2.79 bits per heavy atom. The first-order valence-electron chi connectivity index (χ1n) is 6.44. The summed E-state index contributed by atoms with van der Waals surface area (Å²) in [4.78, 5) is 0. The zero-order valence-corrected chi connectivity index (χ0v) is 13.1. The highest BCUT2D eigenvalue weighted by Crippen LogP contribution is 2.34. The molecule has 3 atom stereocenters. The number of hydrogen-bond donors (Lipinski definition) is 1. The lowest BCUT2D eigenvalue weighted by molar-refractivity contribution is -0.118. The van der Waals surface area contributed by atoms with Crippen molar-refractivity contribution >= 4 is 21.6 Å². The second kappa shape index (κ2) is 6.59. The molecule has 5 heteroatoms. The third-order valence-corrected chi connectivity index (χ3v) is 4.11. The molecule has 2 rings (SSSR count). The van der Waals surface area contributed by atoms with Crippen LogP contribution in [-0.2, 0) is 9.47 Å².